The summed E-state index contributed by atoms with van der Waals surface area (Å²) in [6, 6.07) is 13.9. The van der Waals surface area contributed by atoms with Crippen molar-refractivity contribution in [3.63, 3.8) is 0 Å². The number of nitrogens with zero attached hydrogens (tertiary/aromatic N) is 2. The van der Waals surface area contributed by atoms with E-state index in [1.807, 2.05) is 12.1 Å². The fraction of sp³-hybridized carbons (Fsp3) is 0.118. The molecule has 8 heteroatoms. The lowest BCUT2D eigenvalue weighted by Crippen LogP contribution is -2.31. The van der Waals surface area contributed by atoms with Crippen molar-refractivity contribution < 1.29 is 9.59 Å². The monoisotopic (exact) mass is 437 g/mol. The van der Waals surface area contributed by atoms with Crippen LogP contribution in [0.15, 0.2) is 58.0 Å². The number of thioether (sulfide) groups is 1. The fourth-order valence-electron chi connectivity index (χ4n) is 2.40. The van der Waals surface area contributed by atoms with Crippen molar-refractivity contribution in [3.8, 4) is 0 Å². The van der Waals surface area contributed by atoms with Gasteiger partial charge in [-0.05, 0) is 42.5 Å². The molecule has 1 saturated heterocycles. The second kappa shape index (κ2) is 7.59. The van der Waals surface area contributed by atoms with E-state index in [9.17, 15) is 9.59 Å². The molecule has 1 fully saturated rings. The van der Waals surface area contributed by atoms with E-state index in [-0.39, 0.29) is 23.4 Å². The Morgan fingerprint density at radius 1 is 1.24 bits per heavy atom. The molecule has 2 aromatic rings. The van der Waals surface area contributed by atoms with Crippen molar-refractivity contribution in [2.75, 3.05) is 4.90 Å². The zero-order valence-electron chi connectivity index (χ0n) is 12.9. The lowest BCUT2D eigenvalue weighted by Gasteiger charge is -2.15. The number of amides is 2. The minimum atomic E-state index is -0.592. The molecular formula is C17H13BrClN3O2S. The Morgan fingerprint density at radius 2 is 1.96 bits per heavy atom. The molecule has 1 aliphatic heterocycles. The molecule has 128 valence electrons. The Bertz CT molecular complexity index is 857. The largest absolute Gasteiger partial charge is 0.378 e. The second-order valence-electron chi connectivity index (χ2n) is 5.28. The molecule has 0 aromatic heterocycles. The summed E-state index contributed by atoms with van der Waals surface area (Å²) in [4.78, 5) is 30.2. The van der Waals surface area contributed by atoms with Gasteiger partial charge in [0.15, 0.2) is 5.17 Å². The van der Waals surface area contributed by atoms with Gasteiger partial charge in [0.2, 0.25) is 11.8 Å². The van der Waals surface area contributed by atoms with Gasteiger partial charge in [-0.3, -0.25) is 9.59 Å². The summed E-state index contributed by atoms with van der Waals surface area (Å²) in [6.07, 6.45) is 0.0760. The fourth-order valence-corrected chi connectivity index (χ4v) is 3.73. The molecule has 2 N–H and O–H groups in total. The molecule has 1 aliphatic rings. The number of imide groups is 1. The first-order valence-electron chi connectivity index (χ1n) is 7.33. The molecule has 0 spiro atoms. The predicted octanol–water partition coefficient (Wildman–Crippen LogP) is 4.11. The van der Waals surface area contributed by atoms with Crippen molar-refractivity contribution >= 4 is 67.6 Å². The molecule has 3 rings (SSSR count). The number of anilines is 1. The van der Waals surface area contributed by atoms with Crippen LogP contribution < -0.4 is 10.6 Å². The van der Waals surface area contributed by atoms with Crippen LogP contribution in [0.25, 0.3) is 0 Å². The van der Waals surface area contributed by atoms with Crippen molar-refractivity contribution in [1.82, 2.24) is 0 Å². The van der Waals surface area contributed by atoms with Gasteiger partial charge < -0.3 is 5.73 Å². The van der Waals surface area contributed by atoms with Gasteiger partial charge in [0, 0.05) is 15.9 Å². The van der Waals surface area contributed by atoms with Gasteiger partial charge in [0.05, 0.1) is 11.4 Å². The minimum Gasteiger partial charge on any atom is -0.378 e. The molecule has 25 heavy (non-hydrogen) atoms. The number of nitrogens with two attached hydrogens (primary N) is 1. The lowest BCUT2D eigenvalue weighted by molar-refractivity contribution is -0.121. The summed E-state index contributed by atoms with van der Waals surface area (Å²) in [5.74, 6) is -0.590. The number of hydrogen-bond donors (Lipinski definition) is 1. The van der Waals surface area contributed by atoms with E-state index < -0.39 is 5.25 Å². The molecule has 5 nitrogen and oxygen atoms in total. The Balaban J connectivity index is 1.75. The smallest absolute Gasteiger partial charge is 0.247 e. The molecule has 2 aromatic carbocycles. The summed E-state index contributed by atoms with van der Waals surface area (Å²) >= 11 is 10.4. The summed E-state index contributed by atoms with van der Waals surface area (Å²) in [5, 5.41) is 0.109. The molecule has 0 saturated carbocycles. The van der Waals surface area contributed by atoms with Crippen LogP contribution in [0, 0.1) is 0 Å². The van der Waals surface area contributed by atoms with Gasteiger partial charge in [-0.1, -0.05) is 45.4 Å². The SMILES string of the molecule is NC(=Nc1ccc(Br)cc1)SC1CC(=O)N(c2cccc(Cl)c2)C1=O. The highest BCUT2D eigenvalue weighted by Crippen LogP contribution is 2.31. The van der Waals surface area contributed by atoms with Gasteiger partial charge in [-0.25, -0.2) is 9.89 Å². The van der Waals surface area contributed by atoms with Gasteiger partial charge >= 0.3 is 0 Å². The van der Waals surface area contributed by atoms with E-state index in [4.69, 9.17) is 17.3 Å². The summed E-state index contributed by atoms with van der Waals surface area (Å²) < 4.78 is 0.936. The maximum atomic E-state index is 12.6. The number of aliphatic imine (C=N–C) groups is 1. The van der Waals surface area contributed by atoms with Crippen LogP contribution in [0.1, 0.15) is 6.42 Å². The number of carbonyl (C=O) groups is 2. The molecule has 1 unspecified atom stereocenters. The zero-order valence-corrected chi connectivity index (χ0v) is 16.0. The highest BCUT2D eigenvalue weighted by Gasteiger charge is 2.40. The van der Waals surface area contributed by atoms with E-state index in [2.05, 4.69) is 20.9 Å². The predicted molar refractivity (Wildman–Crippen MR) is 105 cm³/mol. The van der Waals surface area contributed by atoms with Crippen LogP contribution in [-0.4, -0.2) is 22.2 Å². The van der Waals surface area contributed by atoms with E-state index in [1.165, 1.54) is 0 Å². The number of halogens is 2. The van der Waals surface area contributed by atoms with Gasteiger partial charge in [-0.2, -0.15) is 0 Å². The van der Waals surface area contributed by atoms with Crippen LogP contribution in [0.3, 0.4) is 0 Å². The summed E-state index contributed by atoms with van der Waals surface area (Å²) in [7, 11) is 0. The van der Waals surface area contributed by atoms with Crippen LogP contribution in [0.4, 0.5) is 11.4 Å². The van der Waals surface area contributed by atoms with Crippen molar-refractivity contribution in [1.29, 1.82) is 0 Å². The van der Waals surface area contributed by atoms with Crippen LogP contribution in [-0.2, 0) is 9.59 Å². The third-order valence-corrected chi connectivity index (χ3v) is 5.25. The van der Waals surface area contributed by atoms with E-state index in [0.717, 1.165) is 21.1 Å². The number of amidine groups is 1. The molecule has 1 heterocycles. The van der Waals surface area contributed by atoms with Crippen LogP contribution in [0.5, 0.6) is 0 Å². The number of carbonyl (C=O) groups excluding carboxylic acids is 2. The second-order valence-corrected chi connectivity index (χ2v) is 7.86. The Kier molecular flexibility index (Phi) is 5.46. The molecular weight excluding hydrogens is 426 g/mol. The highest BCUT2D eigenvalue weighted by molar-refractivity contribution is 9.10. The third kappa shape index (κ3) is 4.23. The van der Waals surface area contributed by atoms with Gasteiger partial charge in [-0.15, -0.1) is 0 Å². The normalized spacial score (nSPS) is 18.1. The van der Waals surface area contributed by atoms with Crippen molar-refractivity contribution in [3.05, 3.63) is 58.0 Å². The van der Waals surface area contributed by atoms with Crippen LogP contribution >= 0.6 is 39.3 Å². The first-order chi connectivity index (χ1) is 11.9. The number of rotatable bonds is 3. The minimum absolute atomic E-state index is 0.0760. The summed E-state index contributed by atoms with van der Waals surface area (Å²) in [6.45, 7) is 0. The summed E-state index contributed by atoms with van der Waals surface area (Å²) in [5.41, 5.74) is 7.08. The Labute approximate surface area is 162 Å². The average molecular weight is 439 g/mol. The Hall–Kier alpha value is -1.83. The van der Waals surface area contributed by atoms with Crippen molar-refractivity contribution in [2.45, 2.75) is 11.7 Å². The first-order valence-corrected chi connectivity index (χ1v) is 9.38. The molecule has 2 amide bonds. The van der Waals surface area contributed by atoms with Gasteiger partial charge in [0.25, 0.3) is 0 Å². The highest BCUT2D eigenvalue weighted by atomic mass is 79.9. The molecule has 0 bridgehead atoms. The number of benzene rings is 2. The first kappa shape index (κ1) is 18.0. The third-order valence-electron chi connectivity index (χ3n) is 3.50. The number of hydrogen-bond acceptors (Lipinski definition) is 4. The average Bonchev–Trinajstić information content (AvgIpc) is 2.83. The molecule has 0 radical (unpaired) electrons. The molecule has 1 atom stereocenters. The van der Waals surface area contributed by atoms with Crippen molar-refractivity contribution in [2.24, 2.45) is 10.7 Å². The zero-order chi connectivity index (χ0) is 18.0. The van der Waals surface area contributed by atoms with E-state index >= 15 is 0 Å². The maximum absolute atomic E-state index is 12.6. The topological polar surface area (TPSA) is 75.8 Å². The van der Waals surface area contributed by atoms with E-state index in [1.54, 1.807) is 36.4 Å². The van der Waals surface area contributed by atoms with Gasteiger partial charge in [0.1, 0.15) is 5.25 Å². The molecule has 0 aliphatic carbocycles. The quantitative estimate of drug-likeness (QED) is 0.444. The lowest BCUT2D eigenvalue weighted by atomic mass is 10.3. The Morgan fingerprint density at radius 3 is 2.64 bits per heavy atom. The maximum Gasteiger partial charge on any atom is 0.247 e. The van der Waals surface area contributed by atoms with Crippen LogP contribution in [0.2, 0.25) is 5.02 Å². The standard InChI is InChI=1S/C17H13BrClN3O2S/c18-10-4-6-12(7-5-10)21-17(20)25-14-9-15(23)22(16(14)24)13-3-1-2-11(19)8-13/h1-8,14H,9H2,(H2,20,21). The van der Waals surface area contributed by atoms with E-state index in [0.29, 0.717) is 16.4 Å².